The van der Waals surface area contributed by atoms with Gasteiger partial charge in [0, 0.05) is 45.4 Å². The average molecular weight is 474 g/mol. The van der Waals surface area contributed by atoms with Crippen molar-refractivity contribution in [3.63, 3.8) is 0 Å². The van der Waals surface area contributed by atoms with Gasteiger partial charge in [0.1, 0.15) is 0 Å². The molecule has 2 aromatic carbocycles. The first kappa shape index (κ1) is 25.8. The lowest BCUT2D eigenvalue weighted by molar-refractivity contribution is 0.0780. The summed E-state index contributed by atoms with van der Waals surface area (Å²) < 4.78 is 33.7. The minimum Gasteiger partial charge on any atom is -0.380 e. The number of nitrogens with zero attached hydrogens (tertiary/aromatic N) is 2. The van der Waals surface area contributed by atoms with Crippen LogP contribution in [0, 0.1) is 12.8 Å². The van der Waals surface area contributed by atoms with Crippen LogP contribution < -0.4 is 5.32 Å². The smallest absolute Gasteiger partial charge is 0.243 e. The molecule has 0 amide bonds. The fourth-order valence-electron chi connectivity index (χ4n) is 4.11. The van der Waals surface area contributed by atoms with E-state index in [9.17, 15) is 8.42 Å². The molecule has 2 aromatic rings. The number of sulfonamides is 1. The van der Waals surface area contributed by atoms with Gasteiger partial charge in [-0.1, -0.05) is 56.3 Å². The van der Waals surface area contributed by atoms with Gasteiger partial charge in [-0.05, 0) is 49.1 Å². The number of hydrogen-bond donors (Lipinski definition) is 1. The van der Waals surface area contributed by atoms with E-state index in [1.165, 1.54) is 11.1 Å². The quantitative estimate of drug-likeness (QED) is 0.541. The lowest BCUT2D eigenvalue weighted by atomic mass is 10.1. The van der Waals surface area contributed by atoms with Crippen molar-refractivity contribution in [1.82, 2.24) is 14.5 Å². The van der Waals surface area contributed by atoms with Gasteiger partial charge in [-0.25, -0.2) is 8.42 Å². The maximum absolute atomic E-state index is 13.0. The molecule has 3 rings (SSSR count). The third kappa shape index (κ3) is 7.90. The summed E-state index contributed by atoms with van der Waals surface area (Å²) in [6.45, 7) is 12.1. The van der Waals surface area contributed by atoms with E-state index in [4.69, 9.17) is 4.74 Å². The molecule has 6 nitrogen and oxygen atoms in total. The molecule has 1 aliphatic heterocycles. The first-order valence-electron chi connectivity index (χ1n) is 12.0. The summed E-state index contributed by atoms with van der Waals surface area (Å²) in [5.74, 6) is 0.497. The first-order chi connectivity index (χ1) is 15.9. The van der Waals surface area contributed by atoms with E-state index in [1.807, 2.05) is 6.07 Å². The van der Waals surface area contributed by atoms with E-state index in [0.717, 1.165) is 39.2 Å². The van der Waals surface area contributed by atoms with Gasteiger partial charge in [-0.15, -0.1) is 0 Å². The molecular weight excluding hydrogens is 434 g/mol. The van der Waals surface area contributed by atoms with Crippen molar-refractivity contribution in [3.8, 4) is 0 Å². The molecule has 182 valence electrons. The molecule has 0 spiro atoms. The Morgan fingerprint density at radius 2 is 1.67 bits per heavy atom. The molecule has 7 heteroatoms. The van der Waals surface area contributed by atoms with Crippen LogP contribution in [0.2, 0.25) is 0 Å². The van der Waals surface area contributed by atoms with Gasteiger partial charge in [0.05, 0.1) is 11.5 Å². The fourth-order valence-corrected chi connectivity index (χ4v) is 5.60. The lowest BCUT2D eigenvalue weighted by Crippen LogP contribution is -2.45. The Morgan fingerprint density at radius 3 is 2.39 bits per heavy atom. The summed E-state index contributed by atoms with van der Waals surface area (Å²) >= 11 is 0. The van der Waals surface area contributed by atoms with Gasteiger partial charge in [0.2, 0.25) is 10.0 Å². The van der Waals surface area contributed by atoms with Gasteiger partial charge < -0.3 is 15.0 Å². The van der Waals surface area contributed by atoms with Crippen molar-refractivity contribution in [2.75, 3.05) is 45.9 Å². The van der Waals surface area contributed by atoms with Crippen LogP contribution in [0.3, 0.4) is 0 Å². The van der Waals surface area contributed by atoms with E-state index in [-0.39, 0.29) is 6.04 Å². The molecule has 0 saturated carbocycles. The van der Waals surface area contributed by atoms with Gasteiger partial charge >= 0.3 is 0 Å². The van der Waals surface area contributed by atoms with Crippen LogP contribution in [0.25, 0.3) is 0 Å². The maximum atomic E-state index is 13.0. The maximum Gasteiger partial charge on any atom is 0.243 e. The molecule has 0 aliphatic carbocycles. The minimum absolute atomic E-state index is 0.181. The number of nitrogens with one attached hydrogen (secondary N) is 1. The van der Waals surface area contributed by atoms with Crippen molar-refractivity contribution >= 4 is 10.0 Å². The molecule has 1 saturated heterocycles. The van der Waals surface area contributed by atoms with E-state index >= 15 is 0 Å². The van der Waals surface area contributed by atoms with E-state index in [0.29, 0.717) is 30.5 Å². The Balaban J connectivity index is 1.60. The number of hydrogen-bond acceptors (Lipinski definition) is 5. The Labute approximate surface area is 200 Å². The molecule has 33 heavy (non-hydrogen) atoms. The summed E-state index contributed by atoms with van der Waals surface area (Å²) in [5.41, 5.74) is 2.57. The second-order valence-corrected chi connectivity index (χ2v) is 11.2. The highest BCUT2D eigenvalue weighted by molar-refractivity contribution is 7.89. The number of ether oxygens (including phenoxy) is 1. The Kier molecular flexibility index (Phi) is 9.89. The highest BCUT2D eigenvalue weighted by Crippen LogP contribution is 2.17. The van der Waals surface area contributed by atoms with Gasteiger partial charge in [0.25, 0.3) is 0 Å². The van der Waals surface area contributed by atoms with E-state index < -0.39 is 10.0 Å². The van der Waals surface area contributed by atoms with Crippen molar-refractivity contribution in [2.45, 2.75) is 44.7 Å². The van der Waals surface area contributed by atoms with Crippen LogP contribution in [0.1, 0.15) is 31.4 Å². The molecule has 1 unspecified atom stereocenters. The van der Waals surface area contributed by atoms with E-state index in [1.54, 1.807) is 28.6 Å². The Morgan fingerprint density at radius 1 is 0.939 bits per heavy atom. The monoisotopic (exact) mass is 473 g/mol. The molecule has 1 N–H and O–H groups in total. The van der Waals surface area contributed by atoms with Crippen LogP contribution in [-0.4, -0.2) is 69.6 Å². The zero-order valence-electron chi connectivity index (χ0n) is 20.2. The van der Waals surface area contributed by atoms with Crippen LogP contribution in [0.15, 0.2) is 59.5 Å². The highest BCUT2D eigenvalue weighted by atomic mass is 32.2. The predicted molar refractivity (Wildman–Crippen MR) is 134 cm³/mol. The third-order valence-electron chi connectivity index (χ3n) is 6.02. The summed E-state index contributed by atoms with van der Waals surface area (Å²) in [6, 6.07) is 17.4. The van der Waals surface area contributed by atoms with Gasteiger partial charge in [0.15, 0.2) is 0 Å². The third-order valence-corrected chi connectivity index (χ3v) is 7.93. The van der Waals surface area contributed by atoms with Crippen LogP contribution in [-0.2, 0) is 21.3 Å². The fraction of sp³-hybridized carbons (Fsp3) is 0.538. The highest BCUT2D eigenvalue weighted by Gasteiger charge is 2.27. The molecule has 0 aromatic heterocycles. The average Bonchev–Trinajstić information content (AvgIpc) is 3.05. The molecule has 1 aliphatic rings. The molecule has 1 heterocycles. The predicted octanol–water partition coefficient (Wildman–Crippen LogP) is 3.52. The number of rotatable bonds is 11. The normalized spacial score (nSPS) is 17.2. The SMILES string of the molecule is Cc1ccccc1CNC(COCC(C)C)CN1CCCN(S(=O)(=O)c2ccccc2)CC1. The zero-order valence-corrected chi connectivity index (χ0v) is 21.1. The van der Waals surface area contributed by atoms with Gasteiger partial charge in [-0.3, -0.25) is 0 Å². The van der Waals surface area contributed by atoms with Crippen molar-refractivity contribution in [3.05, 3.63) is 65.7 Å². The van der Waals surface area contributed by atoms with Crippen LogP contribution in [0.5, 0.6) is 0 Å². The second-order valence-electron chi connectivity index (χ2n) is 9.31. The molecule has 0 radical (unpaired) electrons. The summed E-state index contributed by atoms with van der Waals surface area (Å²) in [5, 5.41) is 3.69. The second kappa shape index (κ2) is 12.6. The Hall–Kier alpha value is -1.77. The topological polar surface area (TPSA) is 61.9 Å². The largest absolute Gasteiger partial charge is 0.380 e. The van der Waals surface area contributed by atoms with Crippen molar-refractivity contribution < 1.29 is 13.2 Å². The first-order valence-corrected chi connectivity index (χ1v) is 13.4. The molecule has 0 bridgehead atoms. The molecule has 1 atom stereocenters. The number of aryl methyl sites for hydroxylation is 1. The van der Waals surface area contributed by atoms with E-state index in [2.05, 4.69) is 55.3 Å². The number of benzene rings is 2. The van der Waals surface area contributed by atoms with Crippen molar-refractivity contribution in [2.24, 2.45) is 5.92 Å². The summed E-state index contributed by atoms with van der Waals surface area (Å²) in [4.78, 5) is 2.74. The molecule has 1 fully saturated rings. The lowest BCUT2D eigenvalue weighted by Gasteiger charge is -2.28. The summed E-state index contributed by atoms with van der Waals surface area (Å²) in [7, 11) is -3.45. The standard InChI is InChI=1S/C26H39N3O3S/c1-22(2)20-32-21-25(27-18-24-11-8-7-10-23(24)3)19-28-14-9-15-29(17-16-28)33(30,31)26-12-5-4-6-13-26/h4-8,10-13,22,25,27H,9,14-21H2,1-3H3. The Bertz CT molecular complexity index is 950. The summed E-state index contributed by atoms with van der Waals surface area (Å²) in [6.07, 6.45) is 0.823. The minimum atomic E-state index is -3.45. The van der Waals surface area contributed by atoms with Crippen LogP contribution in [0.4, 0.5) is 0 Å². The van der Waals surface area contributed by atoms with Crippen molar-refractivity contribution in [1.29, 1.82) is 0 Å². The van der Waals surface area contributed by atoms with Crippen LogP contribution >= 0.6 is 0 Å². The molecular formula is C26H39N3O3S. The van der Waals surface area contributed by atoms with Gasteiger partial charge in [-0.2, -0.15) is 4.31 Å². The zero-order chi connectivity index (χ0) is 23.7.